The summed E-state index contributed by atoms with van der Waals surface area (Å²) in [4.78, 5) is 2.42. The van der Waals surface area contributed by atoms with Gasteiger partial charge in [0.25, 0.3) is 0 Å². The molecule has 3 heteroatoms. The molecule has 106 valence electrons. The Balaban J connectivity index is 1.50. The number of hydrogen-bond donors (Lipinski definition) is 1. The SMILES string of the molecule is CC1CN(C)CCC1NCc1ccc(C2CC2C)o1. The lowest BCUT2D eigenvalue weighted by Gasteiger charge is -2.35. The van der Waals surface area contributed by atoms with E-state index >= 15 is 0 Å². The third kappa shape index (κ3) is 3.03. The van der Waals surface area contributed by atoms with Gasteiger partial charge in [0.05, 0.1) is 6.54 Å². The smallest absolute Gasteiger partial charge is 0.117 e. The fourth-order valence-corrected chi connectivity index (χ4v) is 3.30. The fourth-order valence-electron chi connectivity index (χ4n) is 3.30. The topological polar surface area (TPSA) is 28.4 Å². The molecule has 4 atom stereocenters. The number of piperidine rings is 1. The van der Waals surface area contributed by atoms with Crippen molar-refractivity contribution in [2.75, 3.05) is 20.1 Å². The van der Waals surface area contributed by atoms with Gasteiger partial charge in [-0.05, 0) is 50.4 Å². The van der Waals surface area contributed by atoms with E-state index in [1.54, 1.807) is 0 Å². The van der Waals surface area contributed by atoms with Crippen molar-refractivity contribution in [2.45, 2.75) is 45.2 Å². The number of nitrogens with zero attached hydrogens (tertiary/aromatic N) is 1. The molecular formula is C16H26N2O. The summed E-state index contributed by atoms with van der Waals surface area (Å²) in [5.74, 6) is 4.52. The first-order chi connectivity index (χ1) is 9.13. The zero-order valence-electron chi connectivity index (χ0n) is 12.4. The Labute approximate surface area is 116 Å². The van der Waals surface area contributed by atoms with Crippen LogP contribution in [0.4, 0.5) is 0 Å². The maximum atomic E-state index is 5.95. The summed E-state index contributed by atoms with van der Waals surface area (Å²) in [7, 11) is 2.21. The Hall–Kier alpha value is -0.800. The normalized spacial score (nSPS) is 35.5. The average Bonchev–Trinajstić information content (AvgIpc) is 2.91. The van der Waals surface area contributed by atoms with E-state index in [2.05, 4.69) is 43.2 Å². The zero-order valence-corrected chi connectivity index (χ0v) is 12.4. The van der Waals surface area contributed by atoms with E-state index < -0.39 is 0 Å². The van der Waals surface area contributed by atoms with Gasteiger partial charge in [0, 0.05) is 18.5 Å². The molecule has 0 bridgehead atoms. The summed E-state index contributed by atoms with van der Waals surface area (Å²) < 4.78 is 5.95. The molecule has 3 rings (SSSR count). The Morgan fingerprint density at radius 3 is 2.79 bits per heavy atom. The van der Waals surface area contributed by atoms with Crippen molar-refractivity contribution in [3.05, 3.63) is 23.7 Å². The lowest BCUT2D eigenvalue weighted by Crippen LogP contribution is -2.46. The third-order valence-electron chi connectivity index (χ3n) is 4.80. The van der Waals surface area contributed by atoms with Crippen molar-refractivity contribution >= 4 is 0 Å². The predicted molar refractivity (Wildman–Crippen MR) is 77.1 cm³/mol. The quantitative estimate of drug-likeness (QED) is 0.904. The Morgan fingerprint density at radius 1 is 1.32 bits per heavy atom. The summed E-state index contributed by atoms with van der Waals surface area (Å²) in [6.45, 7) is 7.91. The van der Waals surface area contributed by atoms with Gasteiger partial charge in [-0.1, -0.05) is 13.8 Å². The number of furan rings is 1. The van der Waals surface area contributed by atoms with E-state index in [4.69, 9.17) is 4.42 Å². The molecule has 1 aromatic rings. The molecule has 1 N–H and O–H groups in total. The van der Waals surface area contributed by atoms with E-state index in [9.17, 15) is 0 Å². The molecule has 2 fully saturated rings. The summed E-state index contributed by atoms with van der Waals surface area (Å²) >= 11 is 0. The largest absolute Gasteiger partial charge is 0.464 e. The van der Waals surface area contributed by atoms with Crippen LogP contribution in [0, 0.1) is 11.8 Å². The van der Waals surface area contributed by atoms with Gasteiger partial charge < -0.3 is 14.6 Å². The highest BCUT2D eigenvalue weighted by Crippen LogP contribution is 2.47. The van der Waals surface area contributed by atoms with Crippen LogP contribution < -0.4 is 5.32 Å². The highest BCUT2D eigenvalue weighted by molar-refractivity contribution is 5.17. The second-order valence-corrected chi connectivity index (χ2v) is 6.64. The average molecular weight is 262 g/mol. The second-order valence-electron chi connectivity index (χ2n) is 6.64. The van der Waals surface area contributed by atoms with Crippen LogP contribution in [0.5, 0.6) is 0 Å². The van der Waals surface area contributed by atoms with Crippen molar-refractivity contribution in [2.24, 2.45) is 11.8 Å². The van der Waals surface area contributed by atoms with Gasteiger partial charge in [0.2, 0.25) is 0 Å². The van der Waals surface area contributed by atoms with Crippen molar-refractivity contribution in [1.29, 1.82) is 0 Å². The van der Waals surface area contributed by atoms with Crippen LogP contribution in [-0.2, 0) is 6.54 Å². The highest BCUT2D eigenvalue weighted by Gasteiger charge is 2.36. The highest BCUT2D eigenvalue weighted by atomic mass is 16.3. The maximum absolute atomic E-state index is 5.95. The summed E-state index contributed by atoms with van der Waals surface area (Å²) in [5, 5.41) is 3.67. The molecule has 0 radical (unpaired) electrons. The molecule has 1 saturated carbocycles. The number of rotatable bonds is 4. The molecule has 19 heavy (non-hydrogen) atoms. The van der Waals surface area contributed by atoms with E-state index in [-0.39, 0.29) is 0 Å². The van der Waals surface area contributed by atoms with Crippen LogP contribution in [0.3, 0.4) is 0 Å². The lowest BCUT2D eigenvalue weighted by molar-refractivity contribution is 0.172. The first-order valence-corrected chi connectivity index (χ1v) is 7.64. The Bertz CT molecular complexity index is 428. The van der Waals surface area contributed by atoms with Gasteiger partial charge in [-0.25, -0.2) is 0 Å². The molecule has 1 aliphatic carbocycles. The second kappa shape index (κ2) is 5.29. The molecular weight excluding hydrogens is 236 g/mol. The monoisotopic (exact) mass is 262 g/mol. The Kier molecular flexibility index (Phi) is 3.68. The van der Waals surface area contributed by atoms with Crippen LogP contribution in [0.15, 0.2) is 16.5 Å². The van der Waals surface area contributed by atoms with Crippen LogP contribution in [0.25, 0.3) is 0 Å². The van der Waals surface area contributed by atoms with Crippen molar-refractivity contribution in [3.63, 3.8) is 0 Å². The summed E-state index contributed by atoms with van der Waals surface area (Å²) in [5.41, 5.74) is 0. The first-order valence-electron chi connectivity index (χ1n) is 7.64. The van der Waals surface area contributed by atoms with Crippen molar-refractivity contribution < 1.29 is 4.42 Å². The first kappa shape index (κ1) is 13.2. The predicted octanol–water partition coefficient (Wildman–Crippen LogP) is 2.83. The van der Waals surface area contributed by atoms with Gasteiger partial charge in [0.1, 0.15) is 11.5 Å². The van der Waals surface area contributed by atoms with Gasteiger partial charge >= 0.3 is 0 Å². The fraction of sp³-hybridized carbons (Fsp3) is 0.750. The third-order valence-corrected chi connectivity index (χ3v) is 4.80. The zero-order chi connectivity index (χ0) is 13.4. The standard InChI is InChI=1S/C16H26N2O/c1-11-8-14(11)16-5-4-13(19-16)9-17-15-6-7-18(3)10-12(15)2/h4-5,11-12,14-15,17H,6-10H2,1-3H3. The van der Waals surface area contributed by atoms with Crippen LogP contribution in [0.2, 0.25) is 0 Å². The van der Waals surface area contributed by atoms with Crippen LogP contribution in [0.1, 0.15) is 44.1 Å². The van der Waals surface area contributed by atoms with E-state index in [1.807, 2.05) is 0 Å². The van der Waals surface area contributed by atoms with Gasteiger partial charge in [0.15, 0.2) is 0 Å². The molecule has 1 saturated heterocycles. The van der Waals surface area contributed by atoms with E-state index in [0.29, 0.717) is 12.0 Å². The number of hydrogen-bond acceptors (Lipinski definition) is 3. The minimum Gasteiger partial charge on any atom is -0.464 e. The van der Waals surface area contributed by atoms with E-state index in [0.717, 1.165) is 24.1 Å². The minimum absolute atomic E-state index is 0.629. The summed E-state index contributed by atoms with van der Waals surface area (Å²) in [6.07, 6.45) is 2.54. The van der Waals surface area contributed by atoms with Gasteiger partial charge in [-0.15, -0.1) is 0 Å². The van der Waals surface area contributed by atoms with Gasteiger partial charge in [-0.3, -0.25) is 0 Å². The molecule has 1 aliphatic heterocycles. The van der Waals surface area contributed by atoms with E-state index in [1.165, 1.54) is 31.7 Å². The molecule has 1 aromatic heterocycles. The number of likely N-dealkylation sites (tertiary alicyclic amines) is 1. The molecule has 0 aromatic carbocycles. The number of nitrogens with one attached hydrogen (secondary N) is 1. The van der Waals surface area contributed by atoms with Crippen molar-refractivity contribution in [3.8, 4) is 0 Å². The van der Waals surface area contributed by atoms with Crippen molar-refractivity contribution in [1.82, 2.24) is 10.2 Å². The minimum atomic E-state index is 0.629. The molecule has 0 amide bonds. The molecule has 2 aliphatic rings. The molecule has 0 spiro atoms. The van der Waals surface area contributed by atoms with Crippen LogP contribution >= 0.6 is 0 Å². The maximum Gasteiger partial charge on any atom is 0.117 e. The lowest BCUT2D eigenvalue weighted by atomic mass is 9.94. The summed E-state index contributed by atoms with van der Waals surface area (Å²) in [6, 6.07) is 4.94. The van der Waals surface area contributed by atoms with Crippen LogP contribution in [-0.4, -0.2) is 31.1 Å². The van der Waals surface area contributed by atoms with Gasteiger partial charge in [-0.2, -0.15) is 0 Å². The molecule has 3 nitrogen and oxygen atoms in total. The molecule has 2 heterocycles. The Morgan fingerprint density at radius 2 is 2.11 bits per heavy atom. The molecule has 4 unspecified atom stereocenters.